The van der Waals surface area contributed by atoms with Gasteiger partial charge in [0.05, 0.1) is 18.4 Å². The Morgan fingerprint density at radius 2 is 2.11 bits per heavy atom. The number of ether oxygens (including phenoxy) is 1. The van der Waals surface area contributed by atoms with E-state index in [1.54, 1.807) is 0 Å². The predicted octanol–water partition coefficient (Wildman–Crippen LogP) is 3.87. The van der Waals surface area contributed by atoms with E-state index in [9.17, 15) is 5.11 Å². The molecule has 0 amide bonds. The smallest absolute Gasteiger partial charge is 0.213 e. The van der Waals surface area contributed by atoms with Gasteiger partial charge in [-0.15, -0.1) is 0 Å². The molecule has 0 bridgehead atoms. The van der Waals surface area contributed by atoms with Crippen LogP contribution in [0, 0.1) is 5.92 Å². The first-order chi connectivity index (χ1) is 9.29. The number of rotatable bonds is 6. The van der Waals surface area contributed by atoms with Crippen LogP contribution in [-0.4, -0.2) is 16.7 Å². The van der Waals surface area contributed by atoms with Gasteiger partial charge in [-0.25, -0.2) is 4.98 Å². The SMILES string of the molecule is CCC[C@@H](O)c1cccc(OCC2CCCCC2)n1. The van der Waals surface area contributed by atoms with E-state index in [0.717, 1.165) is 25.1 Å². The summed E-state index contributed by atoms with van der Waals surface area (Å²) in [7, 11) is 0. The van der Waals surface area contributed by atoms with E-state index in [4.69, 9.17) is 4.74 Å². The number of pyridine rings is 1. The van der Waals surface area contributed by atoms with Crippen molar-refractivity contribution in [2.45, 2.75) is 58.0 Å². The summed E-state index contributed by atoms with van der Waals surface area (Å²) in [5, 5.41) is 9.94. The predicted molar refractivity (Wildman–Crippen MR) is 76.2 cm³/mol. The molecule has 0 aromatic carbocycles. The maximum Gasteiger partial charge on any atom is 0.213 e. The highest BCUT2D eigenvalue weighted by Gasteiger charge is 2.15. The van der Waals surface area contributed by atoms with Crippen molar-refractivity contribution < 1.29 is 9.84 Å². The number of hydrogen-bond acceptors (Lipinski definition) is 3. The zero-order valence-electron chi connectivity index (χ0n) is 11.8. The number of hydrogen-bond donors (Lipinski definition) is 1. The Morgan fingerprint density at radius 1 is 1.32 bits per heavy atom. The summed E-state index contributed by atoms with van der Waals surface area (Å²) in [5.74, 6) is 1.33. The van der Waals surface area contributed by atoms with Gasteiger partial charge in [0, 0.05) is 6.07 Å². The minimum Gasteiger partial charge on any atom is -0.477 e. The van der Waals surface area contributed by atoms with Crippen molar-refractivity contribution in [1.29, 1.82) is 0 Å². The van der Waals surface area contributed by atoms with E-state index in [2.05, 4.69) is 11.9 Å². The molecule has 0 saturated heterocycles. The summed E-state index contributed by atoms with van der Waals surface area (Å²) in [6.07, 6.45) is 7.81. The normalized spacial score (nSPS) is 18.2. The molecule has 106 valence electrons. The van der Waals surface area contributed by atoms with E-state index in [-0.39, 0.29) is 0 Å². The van der Waals surface area contributed by atoms with Gasteiger partial charge in [-0.3, -0.25) is 0 Å². The molecule has 0 spiro atoms. The Hall–Kier alpha value is -1.09. The van der Waals surface area contributed by atoms with Crippen molar-refractivity contribution in [2.75, 3.05) is 6.61 Å². The maximum absolute atomic E-state index is 9.94. The van der Waals surface area contributed by atoms with Crippen molar-refractivity contribution >= 4 is 0 Å². The summed E-state index contributed by atoms with van der Waals surface area (Å²) >= 11 is 0. The van der Waals surface area contributed by atoms with Gasteiger partial charge in [-0.2, -0.15) is 0 Å². The van der Waals surface area contributed by atoms with Crippen molar-refractivity contribution in [2.24, 2.45) is 5.92 Å². The summed E-state index contributed by atoms with van der Waals surface area (Å²) in [6, 6.07) is 5.66. The minimum atomic E-state index is -0.469. The van der Waals surface area contributed by atoms with E-state index in [1.807, 2.05) is 18.2 Å². The van der Waals surface area contributed by atoms with Gasteiger partial charge in [0.1, 0.15) is 0 Å². The summed E-state index contributed by atoms with van der Waals surface area (Å²) in [5.41, 5.74) is 0.725. The monoisotopic (exact) mass is 263 g/mol. The van der Waals surface area contributed by atoms with Gasteiger partial charge in [0.25, 0.3) is 0 Å². The third-order valence-corrected chi connectivity index (χ3v) is 3.84. The second-order valence-corrected chi connectivity index (χ2v) is 5.52. The lowest BCUT2D eigenvalue weighted by molar-refractivity contribution is 0.158. The van der Waals surface area contributed by atoms with E-state index in [1.165, 1.54) is 32.1 Å². The van der Waals surface area contributed by atoms with Crippen LogP contribution in [0.25, 0.3) is 0 Å². The van der Waals surface area contributed by atoms with E-state index >= 15 is 0 Å². The second kappa shape index (κ2) is 7.49. The fraction of sp³-hybridized carbons (Fsp3) is 0.688. The van der Waals surface area contributed by atoms with Crippen LogP contribution >= 0.6 is 0 Å². The lowest BCUT2D eigenvalue weighted by atomic mass is 9.90. The molecule has 1 fully saturated rings. The molecule has 0 radical (unpaired) electrons. The van der Waals surface area contributed by atoms with Crippen LogP contribution < -0.4 is 4.74 Å². The third kappa shape index (κ3) is 4.50. The fourth-order valence-electron chi connectivity index (χ4n) is 2.68. The molecule has 19 heavy (non-hydrogen) atoms. The van der Waals surface area contributed by atoms with Crippen LogP contribution in [0.4, 0.5) is 0 Å². The summed E-state index contributed by atoms with van der Waals surface area (Å²) in [6.45, 7) is 2.83. The molecular formula is C16H25NO2. The molecule has 3 heteroatoms. The Balaban J connectivity index is 1.87. The molecule has 0 aliphatic heterocycles. The van der Waals surface area contributed by atoms with Crippen LogP contribution in [0.15, 0.2) is 18.2 Å². The molecule has 1 atom stereocenters. The molecular weight excluding hydrogens is 238 g/mol. The first-order valence-corrected chi connectivity index (χ1v) is 7.57. The van der Waals surface area contributed by atoms with Gasteiger partial charge in [-0.05, 0) is 31.2 Å². The highest BCUT2D eigenvalue weighted by atomic mass is 16.5. The van der Waals surface area contributed by atoms with Crippen LogP contribution in [0.3, 0.4) is 0 Å². The van der Waals surface area contributed by atoms with Crippen LogP contribution in [0.5, 0.6) is 5.88 Å². The van der Waals surface area contributed by atoms with Crippen molar-refractivity contribution in [1.82, 2.24) is 4.98 Å². The number of aliphatic hydroxyl groups excluding tert-OH is 1. The number of nitrogens with zero attached hydrogens (tertiary/aromatic N) is 1. The molecule has 1 aliphatic carbocycles. The average Bonchev–Trinajstić information content (AvgIpc) is 2.47. The maximum atomic E-state index is 9.94. The van der Waals surface area contributed by atoms with Gasteiger partial charge in [-0.1, -0.05) is 38.7 Å². The topological polar surface area (TPSA) is 42.4 Å². The molecule has 1 aromatic heterocycles. The van der Waals surface area contributed by atoms with Crippen molar-refractivity contribution in [3.8, 4) is 5.88 Å². The van der Waals surface area contributed by atoms with Gasteiger partial charge in [0.2, 0.25) is 5.88 Å². The van der Waals surface area contributed by atoms with Crippen LogP contribution in [0.1, 0.15) is 63.7 Å². The zero-order chi connectivity index (χ0) is 13.5. The van der Waals surface area contributed by atoms with E-state index < -0.39 is 6.10 Å². The number of aromatic nitrogens is 1. The Bertz CT molecular complexity index is 375. The lowest BCUT2D eigenvalue weighted by Crippen LogP contribution is -2.16. The highest BCUT2D eigenvalue weighted by molar-refractivity contribution is 5.17. The molecule has 3 nitrogen and oxygen atoms in total. The zero-order valence-corrected chi connectivity index (χ0v) is 11.8. The quantitative estimate of drug-likeness (QED) is 0.847. The molecule has 1 N–H and O–H groups in total. The second-order valence-electron chi connectivity index (χ2n) is 5.52. The average molecular weight is 263 g/mol. The van der Waals surface area contributed by atoms with Crippen molar-refractivity contribution in [3.05, 3.63) is 23.9 Å². The lowest BCUT2D eigenvalue weighted by Gasteiger charge is -2.21. The Morgan fingerprint density at radius 3 is 2.84 bits per heavy atom. The van der Waals surface area contributed by atoms with Gasteiger partial charge >= 0.3 is 0 Å². The van der Waals surface area contributed by atoms with Crippen LogP contribution in [0.2, 0.25) is 0 Å². The molecule has 1 aromatic rings. The standard InChI is InChI=1S/C16H25NO2/c1-2-7-15(18)14-10-6-11-16(17-14)19-12-13-8-4-3-5-9-13/h6,10-11,13,15,18H,2-5,7-9,12H2,1H3/t15-/m1/s1. The first-order valence-electron chi connectivity index (χ1n) is 7.57. The molecule has 0 unspecified atom stereocenters. The van der Waals surface area contributed by atoms with Gasteiger partial charge < -0.3 is 9.84 Å². The van der Waals surface area contributed by atoms with E-state index in [0.29, 0.717) is 11.8 Å². The third-order valence-electron chi connectivity index (χ3n) is 3.84. The first kappa shape index (κ1) is 14.3. The Kier molecular flexibility index (Phi) is 5.64. The number of aliphatic hydroxyl groups is 1. The minimum absolute atomic E-state index is 0.469. The molecule has 1 aliphatic rings. The summed E-state index contributed by atoms with van der Waals surface area (Å²) in [4.78, 5) is 4.40. The fourth-order valence-corrected chi connectivity index (χ4v) is 2.68. The molecule has 1 heterocycles. The largest absolute Gasteiger partial charge is 0.477 e. The molecule has 1 saturated carbocycles. The highest BCUT2D eigenvalue weighted by Crippen LogP contribution is 2.25. The Labute approximate surface area is 116 Å². The summed E-state index contributed by atoms with van der Waals surface area (Å²) < 4.78 is 5.79. The van der Waals surface area contributed by atoms with Crippen LogP contribution in [-0.2, 0) is 0 Å². The van der Waals surface area contributed by atoms with Gasteiger partial charge in [0.15, 0.2) is 0 Å². The molecule has 2 rings (SSSR count). The van der Waals surface area contributed by atoms with Crippen molar-refractivity contribution in [3.63, 3.8) is 0 Å².